The van der Waals surface area contributed by atoms with Crippen LogP contribution in [0, 0.1) is 0 Å². The molecule has 0 aliphatic rings. The molecule has 0 atom stereocenters. The molecule has 5 nitrogen and oxygen atoms in total. The van der Waals surface area contributed by atoms with E-state index in [2.05, 4.69) is 0 Å². The number of furan rings is 1. The maximum Gasteiger partial charge on any atom is 0.338 e. The fraction of sp³-hybridized carbons (Fsp3) is 0.455. The minimum absolute atomic E-state index is 0.00379. The predicted octanol–water partition coefficient (Wildman–Crippen LogP) is 1.85. The van der Waals surface area contributed by atoms with Crippen LogP contribution < -0.4 is 0 Å². The number of aromatic carboxylic acids is 1. The number of carboxylic acids is 1. The van der Waals surface area contributed by atoms with E-state index in [0.29, 0.717) is 13.1 Å². The highest BCUT2D eigenvalue weighted by molar-refractivity contribution is 5.95. The Morgan fingerprint density at radius 2 is 2.12 bits per heavy atom. The fourth-order valence-corrected chi connectivity index (χ4v) is 1.39. The summed E-state index contributed by atoms with van der Waals surface area (Å²) in [6.07, 6.45) is 1.93. The predicted molar refractivity (Wildman–Crippen MR) is 57.5 cm³/mol. The highest BCUT2D eigenvalue weighted by Crippen LogP contribution is 2.11. The van der Waals surface area contributed by atoms with Gasteiger partial charge in [-0.3, -0.25) is 4.79 Å². The highest BCUT2D eigenvalue weighted by atomic mass is 16.4. The molecule has 16 heavy (non-hydrogen) atoms. The topological polar surface area (TPSA) is 70.8 Å². The lowest BCUT2D eigenvalue weighted by molar-refractivity contribution is 0.0694. The summed E-state index contributed by atoms with van der Waals surface area (Å²) in [4.78, 5) is 24.1. The summed E-state index contributed by atoms with van der Waals surface area (Å²) < 4.78 is 4.94. The Morgan fingerprint density at radius 3 is 2.56 bits per heavy atom. The number of carbonyl (C=O) groups is 2. The van der Waals surface area contributed by atoms with Crippen molar-refractivity contribution < 1.29 is 19.1 Å². The van der Waals surface area contributed by atoms with E-state index in [1.807, 2.05) is 13.8 Å². The molecule has 0 radical (unpaired) electrons. The molecule has 0 saturated heterocycles. The van der Waals surface area contributed by atoms with Crippen molar-refractivity contribution in [2.75, 3.05) is 13.1 Å². The van der Waals surface area contributed by atoms with Crippen LogP contribution in [-0.2, 0) is 0 Å². The molecule has 1 aromatic rings. The Morgan fingerprint density at radius 1 is 1.44 bits per heavy atom. The summed E-state index contributed by atoms with van der Waals surface area (Å²) in [5, 5.41) is 8.69. The van der Waals surface area contributed by atoms with E-state index in [0.717, 1.165) is 12.7 Å². The normalized spacial score (nSPS) is 10.1. The number of hydrogen-bond acceptors (Lipinski definition) is 3. The third-order valence-corrected chi connectivity index (χ3v) is 2.22. The molecule has 0 bridgehead atoms. The van der Waals surface area contributed by atoms with Crippen LogP contribution in [0.3, 0.4) is 0 Å². The molecule has 1 aromatic heterocycles. The first-order chi connectivity index (χ1) is 7.60. The lowest BCUT2D eigenvalue weighted by Gasteiger charge is -2.18. The maximum absolute atomic E-state index is 11.8. The van der Waals surface area contributed by atoms with E-state index in [4.69, 9.17) is 9.52 Å². The standard InChI is InChI=1S/C11H15NO4/c1-3-5-12(4-2)10(13)9-6-8(7-16-9)11(14)15/h6-7H,3-5H2,1-2H3,(H,14,15). The molecule has 1 rings (SSSR count). The number of rotatable bonds is 5. The van der Waals surface area contributed by atoms with Gasteiger partial charge in [0.25, 0.3) is 5.91 Å². The quantitative estimate of drug-likeness (QED) is 0.830. The van der Waals surface area contributed by atoms with Crippen molar-refractivity contribution in [3.63, 3.8) is 0 Å². The van der Waals surface area contributed by atoms with Crippen LogP contribution >= 0.6 is 0 Å². The number of carboxylic acid groups (broad SMARTS) is 1. The van der Waals surface area contributed by atoms with Gasteiger partial charge >= 0.3 is 5.97 Å². The zero-order valence-corrected chi connectivity index (χ0v) is 9.40. The molecule has 0 fully saturated rings. The van der Waals surface area contributed by atoms with E-state index in [1.54, 1.807) is 4.90 Å². The number of hydrogen-bond donors (Lipinski definition) is 1. The molecule has 1 N–H and O–H groups in total. The average molecular weight is 225 g/mol. The first kappa shape index (κ1) is 12.3. The molecule has 5 heteroatoms. The van der Waals surface area contributed by atoms with Gasteiger partial charge in [-0.25, -0.2) is 4.79 Å². The molecule has 0 aromatic carbocycles. The second kappa shape index (κ2) is 5.34. The summed E-state index contributed by atoms with van der Waals surface area (Å²) in [5.41, 5.74) is -0.00379. The molecular weight excluding hydrogens is 210 g/mol. The summed E-state index contributed by atoms with van der Waals surface area (Å²) in [6, 6.07) is 1.25. The third-order valence-electron chi connectivity index (χ3n) is 2.22. The number of carbonyl (C=O) groups excluding carboxylic acids is 1. The Labute approximate surface area is 93.7 Å². The summed E-state index contributed by atoms with van der Waals surface area (Å²) >= 11 is 0. The Bertz CT molecular complexity index is 383. The van der Waals surface area contributed by atoms with E-state index >= 15 is 0 Å². The molecule has 0 unspecified atom stereocenters. The van der Waals surface area contributed by atoms with Gasteiger partial charge in [-0.05, 0) is 13.3 Å². The molecule has 0 aliphatic carbocycles. The molecular formula is C11H15NO4. The number of nitrogens with zero attached hydrogens (tertiary/aromatic N) is 1. The van der Waals surface area contributed by atoms with Crippen LogP contribution in [0.15, 0.2) is 16.7 Å². The smallest absolute Gasteiger partial charge is 0.338 e. The zero-order valence-electron chi connectivity index (χ0n) is 9.40. The lowest BCUT2D eigenvalue weighted by Crippen LogP contribution is -2.31. The van der Waals surface area contributed by atoms with E-state index < -0.39 is 5.97 Å². The first-order valence-electron chi connectivity index (χ1n) is 5.21. The van der Waals surface area contributed by atoms with E-state index in [-0.39, 0.29) is 17.2 Å². The van der Waals surface area contributed by atoms with Gasteiger partial charge in [0.05, 0.1) is 5.56 Å². The van der Waals surface area contributed by atoms with E-state index in [9.17, 15) is 9.59 Å². The van der Waals surface area contributed by atoms with Gasteiger partial charge < -0.3 is 14.4 Å². The molecule has 0 aliphatic heterocycles. The second-order valence-corrected chi connectivity index (χ2v) is 3.39. The van der Waals surface area contributed by atoms with Crippen LogP contribution in [0.1, 0.15) is 41.2 Å². The fourth-order valence-electron chi connectivity index (χ4n) is 1.39. The van der Waals surface area contributed by atoms with Crippen molar-refractivity contribution in [1.29, 1.82) is 0 Å². The maximum atomic E-state index is 11.8. The van der Waals surface area contributed by atoms with Gasteiger partial charge in [-0.15, -0.1) is 0 Å². The van der Waals surface area contributed by atoms with E-state index in [1.165, 1.54) is 6.07 Å². The van der Waals surface area contributed by atoms with Crippen molar-refractivity contribution in [3.05, 3.63) is 23.7 Å². The second-order valence-electron chi connectivity index (χ2n) is 3.39. The Kier molecular flexibility index (Phi) is 4.10. The Balaban J connectivity index is 2.82. The first-order valence-corrected chi connectivity index (χ1v) is 5.21. The van der Waals surface area contributed by atoms with Gasteiger partial charge in [0.1, 0.15) is 6.26 Å². The van der Waals surface area contributed by atoms with Gasteiger partial charge in [0.2, 0.25) is 0 Å². The van der Waals surface area contributed by atoms with Crippen LogP contribution in [0.4, 0.5) is 0 Å². The highest BCUT2D eigenvalue weighted by Gasteiger charge is 2.18. The van der Waals surface area contributed by atoms with Crippen molar-refractivity contribution in [1.82, 2.24) is 4.90 Å². The summed E-state index contributed by atoms with van der Waals surface area (Å²) in [7, 11) is 0. The van der Waals surface area contributed by atoms with Gasteiger partial charge in [-0.2, -0.15) is 0 Å². The molecule has 0 spiro atoms. The minimum Gasteiger partial charge on any atom is -0.478 e. The van der Waals surface area contributed by atoms with Crippen LogP contribution in [-0.4, -0.2) is 35.0 Å². The molecule has 1 amide bonds. The molecule has 0 saturated carbocycles. The largest absolute Gasteiger partial charge is 0.478 e. The van der Waals surface area contributed by atoms with Crippen LogP contribution in [0.5, 0.6) is 0 Å². The zero-order chi connectivity index (χ0) is 12.1. The SMILES string of the molecule is CCCN(CC)C(=O)c1cc(C(=O)O)co1. The van der Waals surface area contributed by atoms with Crippen molar-refractivity contribution in [2.24, 2.45) is 0 Å². The summed E-state index contributed by atoms with van der Waals surface area (Å²) in [6.45, 7) is 5.06. The lowest BCUT2D eigenvalue weighted by atomic mass is 10.3. The molecule has 1 heterocycles. The van der Waals surface area contributed by atoms with Gasteiger partial charge in [0, 0.05) is 19.2 Å². The van der Waals surface area contributed by atoms with Crippen molar-refractivity contribution in [3.8, 4) is 0 Å². The van der Waals surface area contributed by atoms with Crippen molar-refractivity contribution in [2.45, 2.75) is 20.3 Å². The minimum atomic E-state index is -1.10. The third kappa shape index (κ3) is 2.62. The number of amides is 1. The average Bonchev–Trinajstić information content (AvgIpc) is 2.74. The van der Waals surface area contributed by atoms with Crippen LogP contribution in [0.2, 0.25) is 0 Å². The van der Waals surface area contributed by atoms with Gasteiger partial charge in [0.15, 0.2) is 5.76 Å². The van der Waals surface area contributed by atoms with Gasteiger partial charge in [-0.1, -0.05) is 6.92 Å². The van der Waals surface area contributed by atoms with Crippen molar-refractivity contribution >= 4 is 11.9 Å². The Hall–Kier alpha value is -1.78. The van der Waals surface area contributed by atoms with Crippen LogP contribution in [0.25, 0.3) is 0 Å². The summed E-state index contributed by atoms with van der Waals surface area (Å²) in [5.74, 6) is -1.29. The monoisotopic (exact) mass is 225 g/mol. The molecule has 88 valence electrons.